The third-order valence-electron chi connectivity index (χ3n) is 7.30. The van der Waals surface area contributed by atoms with Crippen molar-refractivity contribution in [3.63, 3.8) is 0 Å². The van der Waals surface area contributed by atoms with Crippen molar-refractivity contribution in [2.45, 2.75) is 39.2 Å². The Morgan fingerprint density at radius 2 is 1.78 bits per heavy atom. The molecule has 0 aliphatic carbocycles. The fourth-order valence-corrected chi connectivity index (χ4v) is 4.92. The standard InChI is InChI=1S/C29H31F2N3O2/c1-19-6-7-23(15-20(19)2)29(36)34-13-10-21(11-14-34)27(16-22-8-9-25(30)17-26(22)31)33(3)28(35)24-5-4-12-32-18-24/h4-9,12,15,17-18,21,27H,10-11,13-14,16H2,1-3H3/t27-/m0/s1. The molecule has 7 heteroatoms. The second-order valence-corrected chi connectivity index (χ2v) is 9.59. The van der Waals surface area contributed by atoms with Crippen molar-refractivity contribution in [3.05, 3.63) is 100 Å². The first-order chi connectivity index (χ1) is 17.2. The van der Waals surface area contributed by atoms with Gasteiger partial charge in [0, 0.05) is 50.2 Å². The zero-order chi connectivity index (χ0) is 25.8. The number of aromatic nitrogens is 1. The lowest BCUT2D eigenvalue weighted by atomic mass is 9.84. The van der Waals surface area contributed by atoms with Crippen LogP contribution in [0, 0.1) is 31.4 Å². The fourth-order valence-electron chi connectivity index (χ4n) is 4.92. The Labute approximate surface area is 210 Å². The van der Waals surface area contributed by atoms with Crippen LogP contribution >= 0.6 is 0 Å². The summed E-state index contributed by atoms with van der Waals surface area (Å²) in [7, 11) is 1.72. The van der Waals surface area contributed by atoms with Crippen molar-refractivity contribution in [2.24, 2.45) is 5.92 Å². The molecule has 1 atom stereocenters. The highest BCUT2D eigenvalue weighted by atomic mass is 19.1. The molecule has 0 saturated carbocycles. The minimum Gasteiger partial charge on any atom is -0.339 e. The molecule has 1 aliphatic heterocycles. The zero-order valence-corrected chi connectivity index (χ0v) is 20.9. The number of piperidine rings is 1. The van der Waals surface area contributed by atoms with E-state index in [0.29, 0.717) is 42.6 Å². The van der Waals surface area contributed by atoms with Crippen molar-refractivity contribution in [2.75, 3.05) is 20.1 Å². The second-order valence-electron chi connectivity index (χ2n) is 9.59. The number of carbonyl (C=O) groups excluding carboxylic acids is 2. The molecule has 3 aromatic rings. The van der Waals surface area contributed by atoms with Gasteiger partial charge in [0.05, 0.1) is 5.56 Å². The number of carbonyl (C=O) groups is 2. The number of halogens is 2. The van der Waals surface area contributed by atoms with E-state index in [9.17, 15) is 18.4 Å². The molecule has 2 aromatic carbocycles. The predicted molar refractivity (Wildman–Crippen MR) is 135 cm³/mol. The first kappa shape index (κ1) is 25.5. The average Bonchev–Trinajstić information content (AvgIpc) is 2.89. The third kappa shape index (κ3) is 5.61. The van der Waals surface area contributed by atoms with Gasteiger partial charge in [0.1, 0.15) is 11.6 Å². The molecule has 1 aliphatic rings. The maximum atomic E-state index is 14.6. The van der Waals surface area contributed by atoms with E-state index in [2.05, 4.69) is 4.98 Å². The van der Waals surface area contributed by atoms with E-state index in [1.54, 1.807) is 30.3 Å². The second kappa shape index (κ2) is 11.0. The number of amides is 2. The molecule has 1 fully saturated rings. The van der Waals surface area contributed by atoms with Gasteiger partial charge in [-0.1, -0.05) is 12.1 Å². The molecule has 0 spiro atoms. The van der Waals surface area contributed by atoms with Crippen molar-refractivity contribution >= 4 is 11.8 Å². The van der Waals surface area contributed by atoms with Gasteiger partial charge in [-0.15, -0.1) is 0 Å². The molecule has 0 N–H and O–H groups in total. The first-order valence-corrected chi connectivity index (χ1v) is 12.2. The summed E-state index contributed by atoms with van der Waals surface area (Å²) in [6.07, 6.45) is 4.72. The monoisotopic (exact) mass is 491 g/mol. The van der Waals surface area contributed by atoms with E-state index in [0.717, 1.165) is 17.2 Å². The molecular weight excluding hydrogens is 460 g/mol. The van der Waals surface area contributed by atoms with Crippen LogP contribution in [-0.4, -0.2) is 52.8 Å². The molecule has 0 bridgehead atoms. The summed E-state index contributed by atoms with van der Waals surface area (Å²) in [5, 5.41) is 0. The van der Waals surface area contributed by atoms with Crippen LogP contribution in [-0.2, 0) is 6.42 Å². The molecular formula is C29H31F2N3O2. The highest BCUT2D eigenvalue weighted by Crippen LogP contribution is 2.29. The van der Waals surface area contributed by atoms with Crippen LogP contribution in [0.2, 0.25) is 0 Å². The van der Waals surface area contributed by atoms with Crippen LogP contribution in [0.15, 0.2) is 60.9 Å². The quantitative estimate of drug-likeness (QED) is 0.476. The summed E-state index contributed by atoms with van der Waals surface area (Å²) in [6, 6.07) is 12.4. The summed E-state index contributed by atoms with van der Waals surface area (Å²) in [6.45, 7) is 5.11. The van der Waals surface area contributed by atoms with Gasteiger partial charge in [-0.2, -0.15) is 0 Å². The summed E-state index contributed by atoms with van der Waals surface area (Å²) < 4.78 is 28.1. The number of likely N-dealkylation sites (tertiary alicyclic amines) is 1. The van der Waals surface area contributed by atoms with E-state index in [-0.39, 0.29) is 30.2 Å². The summed E-state index contributed by atoms with van der Waals surface area (Å²) in [5.41, 5.74) is 3.70. The van der Waals surface area contributed by atoms with Crippen LogP contribution in [0.5, 0.6) is 0 Å². The Morgan fingerprint density at radius 1 is 1.03 bits per heavy atom. The highest BCUT2D eigenvalue weighted by Gasteiger charge is 2.34. The summed E-state index contributed by atoms with van der Waals surface area (Å²) in [5.74, 6) is -1.42. The maximum absolute atomic E-state index is 14.6. The van der Waals surface area contributed by atoms with Gasteiger partial charge in [-0.3, -0.25) is 14.6 Å². The number of hydrogen-bond acceptors (Lipinski definition) is 3. The predicted octanol–water partition coefficient (Wildman–Crippen LogP) is 5.21. The molecule has 4 rings (SSSR count). The summed E-state index contributed by atoms with van der Waals surface area (Å²) in [4.78, 5) is 33.9. The van der Waals surface area contributed by atoms with E-state index in [4.69, 9.17) is 0 Å². The minimum atomic E-state index is -0.634. The molecule has 0 radical (unpaired) electrons. The molecule has 36 heavy (non-hydrogen) atoms. The Kier molecular flexibility index (Phi) is 7.77. The van der Waals surface area contributed by atoms with Gasteiger partial charge in [0.25, 0.3) is 11.8 Å². The Bertz CT molecular complexity index is 1240. The summed E-state index contributed by atoms with van der Waals surface area (Å²) >= 11 is 0. The first-order valence-electron chi connectivity index (χ1n) is 12.2. The van der Waals surface area contributed by atoms with Crippen molar-refractivity contribution < 1.29 is 18.4 Å². The number of hydrogen-bond donors (Lipinski definition) is 0. The average molecular weight is 492 g/mol. The molecule has 1 saturated heterocycles. The molecule has 1 aromatic heterocycles. The Balaban J connectivity index is 1.53. The van der Waals surface area contributed by atoms with Gasteiger partial charge in [-0.05, 0) is 86.1 Å². The van der Waals surface area contributed by atoms with E-state index in [1.165, 1.54) is 18.3 Å². The molecule has 2 amide bonds. The topological polar surface area (TPSA) is 53.5 Å². The minimum absolute atomic E-state index is 0.00234. The Hall–Kier alpha value is -3.61. The SMILES string of the molecule is Cc1ccc(C(=O)N2CCC([C@H](Cc3ccc(F)cc3F)N(C)C(=O)c3cccnc3)CC2)cc1C. The van der Waals surface area contributed by atoms with E-state index < -0.39 is 11.6 Å². The van der Waals surface area contributed by atoms with Crippen LogP contribution in [0.4, 0.5) is 8.78 Å². The zero-order valence-electron chi connectivity index (χ0n) is 20.9. The van der Waals surface area contributed by atoms with Crippen LogP contribution in [0.25, 0.3) is 0 Å². The normalized spacial score (nSPS) is 15.0. The molecule has 0 unspecified atom stereocenters. The third-order valence-corrected chi connectivity index (χ3v) is 7.30. The molecule has 2 heterocycles. The van der Waals surface area contributed by atoms with Gasteiger partial charge in [0.15, 0.2) is 0 Å². The van der Waals surface area contributed by atoms with Crippen LogP contribution < -0.4 is 0 Å². The fraction of sp³-hybridized carbons (Fsp3) is 0.345. The van der Waals surface area contributed by atoms with Crippen molar-refractivity contribution in [3.8, 4) is 0 Å². The lowest BCUT2D eigenvalue weighted by Gasteiger charge is -2.40. The number of nitrogens with zero attached hydrogens (tertiary/aromatic N) is 3. The van der Waals surface area contributed by atoms with Gasteiger partial charge >= 0.3 is 0 Å². The number of rotatable bonds is 6. The van der Waals surface area contributed by atoms with Crippen molar-refractivity contribution in [1.82, 2.24) is 14.8 Å². The van der Waals surface area contributed by atoms with Crippen molar-refractivity contribution in [1.29, 1.82) is 0 Å². The molecule has 5 nitrogen and oxygen atoms in total. The highest BCUT2D eigenvalue weighted by molar-refractivity contribution is 5.95. The number of aryl methyl sites for hydroxylation is 2. The number of benzene rings is 2. The van der Waals surface area contributed by atoms with Gasteiger partial charge in [-0.25, -0.2) is 8.78 Å². The van der Waals surface area contributed by atoms with Gasteiger partial charge < -0.3 is 9.80 Å². The van der Waals surface area contributed by atoms with Crippen LogP contribution in [0.3, 0.4) is 0 Å². The van der Waals surface area contributed by atoms with E-state index >= 15 is 0 Å². The van der Waals surface area contributed by atoms with Gasteiger partial charge in [0.2, 0.25) is 0 Å². The number of likely N-dealkylation sites (N-methyl/N-ethyl adjacent to an activating group) is 1. The maximum Gasteiger partial charge on any atom is 0.255 e. The lowest BCUT2D eigenvalue weighted by molar-refractivity contribution is 0.0521. The van der Waals surface area contributed by atoms with Crippen LogP contribution in [0.1, 0.15) is 50.2 Å². The largest absolute Gasteiger partial charge is 0.339 e. The molecule has 188 valence electrons. The smallest absolute Gasteiger partial charge is 0.255 e. The Morgan fingerprint density at radius 3 is 2.42 bits per heavy atom. The lowest BCUT2D eigenvalue weighted by Crippen LogP contribution is -2.48. The van der Waals surface area contributed by atoms with E-state index in [1.807, 2.05) is 36.9 Å². The number of pyridine rings is 1.